The molecular formula is C16H19FN2O4S2. The zero-order valence-electron chi connectivity index (χ0n) is 14.2. The molecule has 25 heavy (non-hydrogen) atoms. The molecule has 9 heteroatoms. The van der Waals surface area contributed by atoms with E-state index in [2.05, 4.69) is 4.72 Å². The summed E-state index contributed by atoms with van der Waals surface area (Å²) >= 11 is 0. The number of hydrogen-bond acceptors (Lipinski definition) is 4. The number of benzene rings is 2. The van der Waals surface area contributed by atoms with Crippen LogP contribution in [0, 0.1) is 19.7 Å². The summed E-state index contributed by atoms with van der Waals surface area (Å²) < 4.78 is 65.4. The van der Waals surface area contributed by atoms with Crippen molar-refractivity contribution >= 4 is 31.4 Å². The molecule has 0 radical (unpaired) electrons. The predicted molar refractivity (Wildman–Crippen MR) is 96.4 cm³/mol. The van der Waals surface area contributed by atoms with Crippen molar-refractivity contribution in [3.8, 4) is 0 Å². The lowest BCUT2D eigenvalue weighted by Gasteiger charge is -2.21. The molecule has 2 aromatic rings. The summed E-state index contributed by atoms with van der Waals surface area (Å²) in [4.78, 5) is 0.00724. The summed E-state index contributed by atoms with van der Waals surface area (Å²) in [7, 11) is -6.40. The van der Waals surface area contributed by atoms with Gasteiger partial charge in [-0.3, -0.25) is 9.03 Å². The van der Waals surface area contributed by atoms with Gasteiger partial charge in [0, 0.05) is 13.1 Å². The summed E-state index contributed by atoms with van der Waals surface area (Å²) in [5.74, 6) is -0.691. The second kappa shape index (κ2) is 6.64. The zero-order valence-corrected chi connectivity index (χ0v) is 15.9. The Labute approximate surface area is 147 Å². The van der Waals surface area contributed by atoms with E-state index in [1.54, 1.807) is 13.0 Å². The number of halogens is 1. The van der Waals surface area contributed by atoms with E-state index < -0.39 is 25.9 Å². The number of anilines is 2. The fraction of sp³-hybridized carbons (Fsp3) is 0.250. The molecule has 0 unspecified atom stereocenters. The van der Waals surface area contributed by atoms with Crippen LogP contribution in [0.25, 0.3) is 0 Å². The maximum atomic E-state index is 13.6. The van der Waals surface area contributed by atoms with Gasteiger partial charge in [-0.25, -0.2) is 21.2 Å². The molecule has 0 heterocycles. The summed E-state index contributed by atoms with van der Waals surface area (Å²) in [5, 5.41) is 0. The van der Waals surface area contributed by atoms with E-state index in [4.69, 9.17) is 0 Å². The summed E-state index contributed by atoms with van der Waals surface area (Å²) in [6.07, 6.45) is 0.970. The molecule has 0 aliphatic rings. The van der Waals surface area contributed by atoms with Gasteiger partial charge in [0.25, 0.3) is 10.0 Å². The minimum absolute atomic E-state index is 0.00724. The number of aryl methyl sites for hydroxylation is 2. The van der Waals surface area contributed by atoms with Gasteiger partial charge in [-0.2, -0.15) is 0 Å². The highest BCUT2D eigenvalue weighted by Crippen LogP contribution is 2.30. The second-order valence-corrected chi connectivity index (χ2v) is 9.44. The monoisotopic (exact) mass is 386 g/mol. The minimum Gasteiger partial charge on any atom is -0.277 e. The van der Waals surface area contributed by atoms with Gasteiger partial charge in [0.05, 0.1) is 22.5 Å². The first-order valence-corrected chi connectivity index (χ1v) is 10.6. The highest BCUT2D eigenvalue weighted by Gasteiger charge is 2.21. The Kier molecular flexibility index (Phi) is 5.10. The molecule has 1 N–H and O–H groups in total. The van der Waals surface area contributed by atoms with Gasteiger partial charge in [-0.05, 0) is 49.2 Å². The Bertz CT molecular complexity index is 1020. The van der Waals surface area contributed by atoms with Gasteiger partial charge < -0.3 is 0 Å². The summed E-state index contributed by atoms with van der Waals surface area (Å²) in [5.41, 5.74) is 1.58. The molecule has 2 aromatic carbocycles. The molecule has 2 rings (SSSR count). The van der Waals surface area contributed by atoms with E-state index in [-0.39, 0.29) is 16.3 Å². The lowest BCUT2D eigenvalue weighted by Crippen LogP contribution is -2.26. The van der Waals surface area contributed by atoms with E-state index in [0.717, 1.165) is 33.8 Å². The average Bonchev–Trinajstić information content (AvgIpc) is 2.48. The Hall–Kier alpha value is -2.13. The Morgan fingerprint density at radius 3 is 2.16 bits per heavy atom. The number of nitrogens with one attached hydrogen (secondary N) is 1. The van der Waals surface area contributed by atoms with Gasteiger partial charge in [0.1, 0.15) is 5.82 Å². The normalized spacial score (nSPS) is 12.0. The molecule has 0 atom stereocenters. The van der Waals surface area contributed by atoms with Crippen molar-refractivity contribution in [1.29, 1.82) is 0 Å². The van der Waals surface area contributed by atoms with Crippen molar-refractivity contribution in [3.63, 3.8) is 0 Å². The van der Waals surface area contributed by atoms with Crippen molar-refractivity contribution in [2.75, 3.05) is 22.3 Å². The van der Waals surface area contributed by atoms with Gasteiger partial charge in [0.15, 0.2) is 0 Å². The Morgan fingerprint density at radius 1 is 0.960 bits per heavy atom. The van der Waals surface area contributed by atoms with Crippen molar-refractivity contribution < 1.29 is 21.2 Å². The van der Waals surface area contributed by atoms with Crippen LogP contribution in [0.15, 0.2) is 41.3 Å². The standard InChI is InChI=1S/C16H19FN2O4S2/c1-11-5-7-14(9-12(11)2)25(22,23)18-15-10-13(17)6-8-16(15)19(3)24(4,20)21/h5-10,18H,1-4H3. The predicted octanol–water partition coefficient (Wildman–Crippen LogP) is 2.64. The molecule has 0 aliphatic heterocycles. The van der Waals surface area contributed by atoms with Crippen LogP contribution in [0.3, 0.4) is 0 Å². The maximum Gasteiger partial charge on any atom is 0.261 e. The average molecular weight is 386 g/mol. The molecule has 0 aromatic heterocycles. The minimum atomic E-state index is -4.01. The number of sulfonamides is 2. The number of hydrogen-bond donors (Lipinski definition) is 1. The van der Waals surface area contributed by atoms with Gasteiger partial charge in [0.2, 0.25) is 10.0 Å². The van der Waals surface area contributed by atoms with Crippen LogP contribution in [0.5, 0.6) is 0 Å². The van der Waals surface area contributed by atoms with Crippen LogP contribution >= 0.6 is 0 Å². The first-order chi connectivity index (χ1) is 11.4. The van der Waals surface area contributed by atoms with E-state index >= 15 is 0 Å². The fourth-order valence-electron chi connectivity index (χ4n) is 2.13. The van der Waals surface area contributed by atoms with E-state index in [1.165, 1.54) is 25.2 Å². The van der Waals surface area contributed by atoms with Crippen LogP contribution in [-0.2, 0) is 20.0 Å². The van der Waals surface area contributed by atoms with E-state index in [0.29, 0.717) is 0 Å². The van der Waals surface area contributed by atoms with Crippen LogP contribution in [0.2, 0.25) is 0 Å². The van der Waals surface area contributed by atoms with Crippen LogP contribution in [-0.4, -0.2) is 30.1 Å². The third kappa shape index (κ3) is 4.29. The largest absolute Gasteiger partial charge is 0.277 e. The molecule has 6 nitrogen and oxygen atoms in total. The smallest absolute Gasteiger partial charge is 0.261 e. The molecule has 0 saturated heterocycles. The molecule has 0 bridgehead atoms. The third-order valence-electron chi connectivity index (χ3n) is 3.83. The van der Waals surface area contributed by atoms with Gasteiger partial charge in [-0.15, -0.1) is 0 Å². The molecule has 0 spiro atoms. The Morgan fingerprint density at radius 2 is 1.60 bits per heavy atom. The first kappa shape index (κ1) is 19.2. The SMILES string of the molecule is Cc1ccc(S(=O)(=O)Nc2cc(F)ccc2N(C)S(C)(=O)=O)cc1C. The van der Waals surface area contributed by atoms with Gasteiger partial charge in [-0.1, -0.05) is 6.07 Å². The van der Waals surface area contributed by atoms with E-state index in [9.17, 15) is 21.2 Å². The molecule has 0 saturated carbocycles. The zero-order chi connectivity index (χ0) is 19.0. The number of nitrogens with zero attached hydrogens (tertiary/aromatic N) is 1. The van der Waals surface area contributed by atoms with E-state index in [1.807, 2.05) is 6.92 Å². The molecule has 136 valence electrons. The lowest BCUT2D eigenvalue weighted by molar-refractivity contribution is 0.597. The molecule has 0 amide bonds. The first-order valence-electron chi connectivity index (χ1n) is 7.25. The molecular weight excluding hydrogens is 367 g/mol. The van der Waals surface area contributed by atoms with Crippen LogP contribution < -0.4 is 9.03 Å². The third-order valence-corrected chi connectivity index (χ3v) is 6.38. The Balaban J connectivity index is 2.52. The van der Waals surface area contributed by atoms with Crippen molar-refractivity contribution in [3.05, 3.63) is 53.3 Å². The highest BCUT2D eigenvalue weighted by molar-refractivity contribution is 7.93. The van der Waals surface area contributed by atoms with Crippen molar-refractivity contribution in [2.45, 2.75) is 18.7 Å². The molecule has 0 aliphatic carbocycles. The fourth-order valence-corrected chi connectivity index (χ4v) is 3.79. The van der Waals surface area contributed by atoms with Gasteiger partial charge >= 0.3 is 0 Å². The van der Waals surface area contributed by atoms with Crippen molar-refractivity contribution in [2.24, 2.45) is 0 Å². The molecule has 0 fully saturated rings. The van der Waals surface area contributed by atoms with Crippen LogP contribution in [0.4, 0.5) is 15.8 Å². The highest BCUT2D eigenvalue weighted by atomic mass is 32.2. The van der Waals surface area contributed by atoms with Crippen molar-refractivity contribution in [1.82, 2.24) is 0 Å². The summed E-state index contributed by atoms with van der Waals surface area (Å²) in [6, 6.07) is 7.80. The van der Waals surface area contributed by atoms with Crippen LogP contribution in [0.1, 0.15) is 11.1 Å². The summed E-state index contributed by atoms with van der Waals surface area (Å²) in [6.45, 7) is 3.63. The second-order valence-electron chi connectivity index (χ2n) is 5.74. The maximum absolute atomic E-state index is 13.6. The lowest BCUT2D eigenvalue weighted by atomic mass is 10.1. The topological polar surface area (TPSA) is 83.6 Å². The quantitative estimate of drug-likeness (QED) is 0.856. The number of rotatable bonds is 5.